The third-order valence-corrected chi connectivity index (χ3v) is 3.36. The first-order valence-electron chi connectivity index (χ1n) is 6.13. The van der Waals surface area contributed by atoms with Gasteiger partial charge in [0.2, 0.25) is 0 Å². The lowest BCUT2D eigenvalue weighted by atomic mass is 10.0. The van der Waals surface area contributed by atoms with Crippen LogP contribution in [-0.4, -0.2) is 25.5 Å². The van der Waals surface area contributed by atoms with Gasteiger partial charge in [-0.05, 0) is 24.1 Å². The fourth-order valence-corrected chi connectivity index (χ4v) is 2.25. The number of benzene rings is 1. The van der Waals surface area contributed by atoms with E-state index in [2.05, 4.69) is 17.5 Å². The summed E-state index contributed by atoms with van der Waals surface area (Å²) in [5, 5.41) is 0. The van der Waals surface area contributed by atoms with Crippen molar-refractivity contribution in [1.82, 2.24) is 4.72 Å². The van der Waals surface area contributed by atoms with Crippen molar-refractivity contribution in [3.05, 3.63) is 35.6 Å². The molecule has 1 fully saturated rings. The van der Waals surface area contributed by atoms with Crippen molar-refractivity contribution < 1.29 is 13.9 Å². The second-order valence-corrected chi connectivity index (χ2v) is 4.71. The molecule has 1 saturated heterocycles. The Morgan fingerprint density at radius 1 is 1.17 bits per heavy atom. The van der Waals surface area contributed by atoms with E-state index in [4.69, 9.17) is 9.47 Å². The number of ether oxygens (including phenoxy) is 2. The minimum atomic E-state index is -0.510. The van der Waals surface area contributed by atoms with Crippen LogP contribution in [0, 0.1) is 5.82 Å². The summed E-state index contributed by atoms with van der Waals surface area (Å²) in [5.41, 5.74) is 1.09. The Bertz CT molecular complexity index is 366. The molecule has 5 heteroatoms. The van der Waals surface area contributed by atoms with Gasteiger partial charge in [-0.3, -0.25) is 4.72 Å². The zero-order valence-electron chi connectivity index (χ0n) is 10.2. The molecule has 0 spiro atoms. The number of hydrogen-bond donors (Lipinski definition) is 2. The standard InChI is InChI=1S/C13H18FNO2S/c14-12-3-1-11(2-4-12)5-6-13(7-8-15-18)16-9-10-17-13/h1-4,15,18H,5-10H2. The Kier molecular flexibility index (Phi) is 5.00. The van der Waals surface area contributed by atoms with Crippen LogP contribution in [-0.2, 0) is 15.9 Å². The molecule has 1 aliphatic heterocycles. The van der Waals surface area contributed by atoms with Gasteiger partial charge in [0.25, 0.3) is 0 Å². The lowest BCUT2D eigenvalue weighted by Crippen LogP contribution is -2.33. The van der Waals surface area contributed by atoms with Gasteiger partial charge in [0, 0.05) is 19.4 Å². The van der Waals surface area contributed by atoms with Gasteiger partial charge in [-0.25, -0.2) is 4.39 Å². The Balaban J connectivity index is 1.91. The Morgan fingerprint density at radius 3 is 2.44 bits per heavy atom. The van der Waals surface area contributed by atoms with Crippen LogP contribution in [0.2, 0.25) is 0 Å². The number of hydrogen-bond acceptors (Lipinski definition) is 4. The SMILES string of the molecule is Fc1ccc(CCC2(CCNS)OCCO2)cc1. The summed E-state index contributed by atoms with van der Waals surface area (Å²) >= 11 is 3.98. The minimum Gasteiger partial charge on any atom is -0.347 e. The number of rotatable bonds is 6. The largest absolute Gasteiger partial charge is 0.347 e. The summed E-state index contributed by atoms with van der Waals surface area (Å²) in [7, 11) is 0. The lowest BCUT2D eigenvalue weighted by molar-refractivity contribution is -0.164. The Labute approximate surface area is 112 Å². The highest BCUT2D eigenvalue weighted by Crippen LogP contribution is 2.28. The molecule has 0 aliphatic carbocycles. The predicted octanol–water partition coefficient (Wildman–Crippen LogP) is 2.33. The molecule has 0 aromatic heterocycles. The molecule has 0 bridgehead atoms. The average Bonchev–Trinajstić information content (AvgIpc) is 2.85. The van der Waals surface area contributed by atoms with Crippen molar-refractivity contribution in [3.8, 4) is 0 Å². The van der Waals surface area contributed by atoms with Gasteiger partial charge in [-0.1, -0.05) is 24.9 Å². The summed E-state index contributed by atoms with van der Waals surface area (Å²) in [6, 6.07) is 6.56. The summed E-state index contributed by atoms with van der Waals surface area (Å²) < 4.78 is 27.0. The number of thiol groups is 1. The number of aryl methyl sites for hydroxylation is 1. The third kappa shape index (κ3) is 3.68. The van der Waals surface area contributed by atoms with Gasteiger partial charge in [0.1, 0.15) is 5.82 Å². The van der Waals surface area contributed by atoms with E-state index in [1.165, 1.54) is 12.1 Å². The normalized spacial score (nSPS) is 18.1. The van der Waals surface area contributed by atoms with Crippen LogP contribution in [0.5, 0.6) is 0 Å². The van der Waals surface area contributed by atoms with Gasteiger partial charge in [0.05, 0.1) is 13.2 Å². The molecule has 0 radical (unpaired) electrons. The van der Waals surface area contributed by atoms with Crippen LogP contribution in [0.4, 0.5) is 4.39 Å². The molecule has 1 heterocycles. The molecule has 0 amide bonds. The molecule has 1 N–H and O–H groups in total. The summed E-state index contributed by atoms with van der Waals surface area (Å²) in [6.07, 6.45) is 2.35. The van der Waals surface area contributed by atoms with Gasteiger partial charge < -0.3 is 9.47 Å². The van der Waals surface area contributed by atoms with E-state index in [1.54, 1.807) is 12.1 Å². The van der Waals surface area contributed by atoms with E-state index in [0.29, 0.717) is 13.2 Å². The van der Waals surface area contributed by atoms with Crippen molar-refractivity contribution in [3.63, 3.8) is 0 Å². The molecule has 2 rings (SSSR count). The molecule has 1 aromatic rings. The number of halogens is 1. The van der Waals surface area contributed by atoms with Crippen LogP contribution < -0.4 is 4.72 Å². The van der Waals surface area contributed by atoms with E-state index in [0.717, 1.165) is 31.4 Å². The minimum absolute atomic E-state index is 0.207. The smallest absolute Gasteiger partial charge is 0.170 e. The second-order valence-electron chi connectivity index (χ2n) is 4.39. The predicted molar refractivity (Wildman–Crippen MR) is 71.0 cm³/mol. The Hall–Kier alpha value is -0.620. The van der Waals surface area contributed by atoms with Gasteiger partial charge in [-0.2, -0.15) is 0 Å². The van der Waals surface area contributed by atoms with Crippen molar-refractivity contribution >= 4 is 12.8 Å². The maximum Gasteiger partial charge on any atom is 0.170 e. The molecule has 1 aromatic carbocycles. The molecule has 100 valence electrons. The van der Waals surface area contributed by atoms with E-state index >= 15 is 0 Å². The topological polar surface area (TPSA) is 30.5 Å². The van der Waals surface area contributed by atoms with Crippen LogP contribution in [0.15, 0.2) is 24.3 Å². The fourth-order valence-electron chi connectivity index (χ4n) is 2.14. The fraction of sp³-hybridized carbons (Fsp3) is 0.538. The second kappa shape index (κ2) is 6.52. The zero-order chi connectivity index (χ0) is 12.8. The van der Waals surface area contributed by atoms with Crippen molar-refractivity contribution in [2.45, 2.75) is 25.0 Å². The molecule has 18 heavy (non-hydrogen) atoms. The molecule has 3 nitrogen and oxygen atoms in total. The molecular weight excluding hydrogens is 253 g/mol. The maximum atomic E-state index is 12.8. The van der Waals surface area contributed by atoms with Gasteiger partial charge >= 0.3 is 0 Å². The van der Waals surface area contributed by atoms with Crippen LogP contribution in [0.3, 0.4) is 0 Å². The van der Waals surface area contributed by atoms with E-state index in [9.17, 15) is 4.39 Å². The quantitative estimate of drug-likeness (QED) is 0.778. The van der Waals surface area contributed by atoms with E-state index in [1.807, 2.05) is 0 Å². The van der Waals surface area contributed by atoms with E-state index in [-0.39, 0.29) is 5.82 Å². The first-order valence-corrected chi connectivity index (χ1v) is 6.58. The summed E-state index contributed by atoms with van der Waals surface area (Å²) in [5.74, 6) is -0.717. The van der Waals surface area contributed by atoms with Crippen LogP contribution in [0.1, 0.15) is 18.4 Å². The van der Waals surface area contributed by atoms with Crippen LogP contribution in [0.25, 0.3) is 0 Å². The van der Waals surface area contributed by atoms with Crippen LogP contribution >= 0.6 is 12.8 Å². The lowest BCUT2D eigenvalue weighted by Gasteiger charge is -2.27. The zero-order valence-corrected chi connectivity index (χ0v) is 11.1. The summed E-state index contributed by atoms with van der Waals surface area (Å²) in [4.78, 5) is 0. The first-order chi connectivity index (χ1) is 8.74. The molecule has 0 atom stereocenters. The van der Waals surface area contributed by atoms with Gasteiger partial charge in [0.15, 0.2) is 5.79 Å². The van der Waals surface area contributed by atoms with Gasteiger partial charge in [-0.15, -0.1) is 0 Å². The molecule has 1 aliphatic rings. The first kappa shape index (κ1) is 13.8. The third-order valence-electron chi connectivity index (χ3n) is 3.14. The van der Waals surface area contributed by atoms with E-state index < -0.39 is 5.79 Å². The molecular formula is C13H18FNO2S. The monoisotopic (exact) mass is 271 g/mol. The average molecular weight is 271 g/mol. The highest BCUT2D eigenvalue weighted by atomic mass is 32.1. The number of nitrogens with one attached hydrogen (secondary N) is 1. The molecule has 0 unspecified atom stereocenters. The Morgan fingerprint density at radius 2 is 1.83 bits per heavy atom. The maximum absolute atomic E-state index is 12.8. The van der Waals surface area contributed by atoms with Crippen molar-refractivity contribution in [1.29, 1.82) is 0 Å². The highest BCUT2D eigenvalue weighted by Gasteiger charge is 2.35. The summed E-state index contributed by atoms with van der Waals surface area (Å²) in [6.45, 7) is 2.00. The van der Waals surface area contributed by atoms with Crippen molar-refractivity contribution in [2.75, 3.05) is 19.8 Å². The van der Waals surface area contributed by atoms with Crippen molar-refractivity contribution in [2.24, 2.45) is 0 Å². The molecule has 0 saturated carbocycles. The highest BCUT2D eigenvalue weighted by molar-refractivity contribution is 7.78.